The zero-order chi connectivity index (χ0) is 18.8. The number of fused-ring (bicyclic) bond motifs is 1. The molecule has 1 aromatic carbocycles. The van der Waals surface area contributed by atoms with Crippen molar-refractivity contribution in [2.24, 2.45) is 0 Å². The van der Waals surface area contributed by atoms with Crippen molar-refractivity contribution in [2.75, 3.05) is 19.7 Å². The standard InChI is InChI=1S/C20H25FN2O3/c1-4-22-8-6-7-14(22)11-23-12-16(20(25)26-5-2)19(24)15-9-13(3)17(21)10-18(15)23/h9-10,12,14H,4-8,11H2,1-3H3/t14-/m1/s1. The summed E-state index contributed by atoms with van der Waals surface area (Å²) in [6.07, 6.45) is 3.70. The summed E-state index contributed by atoms with van der Waals surface area (Å²) in [5, 5.41) is 0.357. The monoisotopic (exact) mass is 360 g/mol. The highest BCUT2D eigenvalue weighted by Gasteiger charge is 2.25. The molecule has 140 valence electrons. The molecule has 1 aromatic heterocycles. The van der Waals surface area contributed by atoms with Gasteiger partial charge in [0.15, 0.2) is 0 Å². The van der Waals surface area contributed by atoms with E-state index in [0.717, 1.165) is 25.9 Å². The van der Waals surface area contributed by atoms with Gasteiger partial charge in [0.25, 0.3) is 0 Å². The third-order valence-corrected chi connectivity index (χ3v) is 5.17. The summed E-state index contributed by atoms with van der Waals surface area (Å²) >= 11 is 0. The third kappa shape index (κ3) is 3.38. The van der Waals surface area contributed by atoms with Gasteiger partial charge >= 0.3 is 5.97 Å². The lowest BCUT2D eigenvalue weighted by atomic mass is 10.1. The molecule has 1 fully saturated rings. The summed E-state index contributed by atoms with van der Waals surface area (Å²) in [6.45, 7) is 8.23. The smallest absolute Gasteiger partial charge is 0.343 e. The van der Waals surface area contributed by atoms with Crippen LogP contribution in [0.25, 0.3) is 10.9 Å². The minimum atomic E-state index is -0.631. The van der Waals surface area contributed by atoms with E-state index in [9.17, 15) is 14.0 Å². The van der Waals surface area contributed by atoms with Crippen molar-refractivity contribution in [3.05, 3.63) is 45.5 Å². The number of carbonyl (C=O) groups excluding carboxylic acids is 1. The van der Waals surface area contributed by atoms with Gasteiger partial charge in [-0.3, -0.25) is 9.69 Å². The molecule has 5 nitrogen and oxygen atoms in total. The van der Waals surface area contributed by atoms with Gasteiger partial charge in [0.05, 0.1) is 12.1 Å². The van der Waals surface area contributed by atoms with Crippen molar-refractivity contribution in [2.45, 2.75) is 46.2 Å². The van der Waals surface area contributed by atoms with E-state index in [1.54, 1.807) is 13.8 Å². The second-order valence-electron chi connectivity index (χ2n) is 6.79. The molecule has 0 radical (unpaired) electrons. The van der Waals surface area contributed by atoms with Gasteiger partial charge in [-0.1, -0.05) is 6.92 Å². The lowest BCUT2D eigenvalue weighted by molar-refractivity contribution is 0.0524. The van der Waals surface area contributed by atoms with Crippen molar-refractivity contribution < 1.29 is 13.9 Å². The van der Waals surface area contributed by atoms with Gasteiger partial charge < -0.3 is 9.30 Å². The molecule has 0 spiro atoms. The van der Waals surface area contributed by atoms with Crippen molar-refractivity contribution in [3.63, 3.8) is 0 Å². The average Bonchev–Trinajstić information content (AvgIpc) is 3.06. The maximum Gasteiger partial charge on any atom is 0.343 e. The highest BCUT2D eigenvalue weighted by atomic mass is 19.1. The number of rotatable bonds is 5. The Labute approximate surface area is 152 Å². The van der Waals surface area contributed by atoms with Crippen molar-refractivity contribution >= 4 is 16.9 Å². The van der Waals surface area contributed by atoms with Crippen molar-refractivity contribution in [1.82, 2.24) is 9.47 Å². The van der Waals surface area contributed by atoms with Crippen LogP contribution in [0.5, 0.6) is 0 Å². The molecule has 1 saturated heterocycles. The maximum absolute atomic E-state index is 14.2. The summed E-state index contributed by atoms with van der Waals surface area (Å²) < 4.78 is 21.1. The molecule has 26 heavy (non-hydrogen) atoms. The van der Waals surface area contributed by atoms with Crippen LogP contribution in [-0.2, 0) is 11.3 Å². The molecule has 1 aliphatic rings. The van der Waals surface area contributed by atoms with Crippen molar-refractivity contribution in [1.29, 1.82) is 0 Å². The number of hydrogen-bond acceptors (Lipinski definition) is 4. The molecular formula is C20H25FN2O3. The second-order valence-corrected chi connectivity index (χ2v) is 6.79. The second kappa shape index (κ2) is 7.58. The molecule has 0 unspecified atom stereocenters. The summed E-state index contributed by atoms with van der Waals surface area (Å²) in [6, 6.07) is 3.23. The lowest BCUT2D eigenvalue weighted by Crippen LogP contribution is -2.33. The highest BCUT2D eigenvalue weighted by Crippen LogP contribution is 2.22. The lowest BCUT2D eigenvalue weighted by Gasteiger charge is -2.25. The number of aryl methyl sites for hydroxylation is 1. The van der Waals surface area contributed by atoms with E-state index < -0.39 is 11.4 Å². The zero-order valence-electron chi connectivity index (χ0n) is 15.5. The van der Waals surface area contributed by atoms with Crippen LogP contribution in [-0.4, -0.2) is 41.2 Å². The van der Waals surface area contributed by atoms with Gasteiger partial charge in [-0.15, -0.1) is 0 Å². The number of likely N-dealkylation sites (N-methyl/N-ethyl adjacent to an activating group) is 1. The highest BCUT2D eigenvalue weighted by molar-refractivity contribution is 5.94. The fraction of sp³-hybridized carbons (Fsp3) is 0.500. The number of halogens is 1. The average molecular weight is 360 g/mol. The predicted octanol–water partition coefficient (Wildman–Crippen LogP) is 3.11. The van der Waals surface area contributed by atoms with Gasteiger partial charge in [-0.25, -0.2) is 9.18 Å². The van der Waals surface area contributed by atoms with E-state index in [-0.39, 0.29) is 18.0 Å². The fourth-order valence-corrected chi connectivity index (χ4v) is 3.77. The van der Waals surface area contributed by atoms with Gasteiger partial charge in [0.1, 0.15) is 11.4 Å². The van der Waals surface area contributed by atoms with E-state index in [4.69, 9.17) is 4.74 Å². The normalized spacial score (nSPS) is 17.8. The number of esters is 1. The van der Waals surface area contributed by atoms with Crippen molar-refractivity contribution in [3.8, 4) is 0 Å². The van der Waals surface area contributed by atoms with Gasteiger partial charge in [0, 0.05) is 24.2 Å². The van der Waals surface area contributed by atoms with Crippen LogP contribution < -0.4 is 5.43 Å². The van der Waals surface area contributed by atoms with Crippen LogP contribution >= 0.6 is 0 Å². The van der Waals surface area contributed by atoms with Gasteiger partial charge in [0.2, 0.25) is 5.43 Å². The van der Waals surface area contributed by atoms with Crippen LogP contribution in [0.1, 0.15) is 42.6 Å². The summed E-state index contributed by atoms with van der Waals surface area (Å²) in [5.41, 5.74) is 0.510. The van der Waals surface area contributed by atoms with Crippen LogP contribution in [0.2, 0.25) is 0 Å². The molecule has 6 heteroatoms. The van der Waals surface area contributed by atoms with Crippen LogP contribution in [0.4, 0.5) is 4.39 Å². The number of aromatic nitrogens is 1. The molecule has 1 aliphatic heterocycles. The quantitative estimate of drug-likeness (QED) is 0.769. The summed E-state index contributed by atoms with van der Waals surface area (Å²) in [4.78, 5) is 27.4. The first-order valence-corrected chi connectivity index (χ1v) is 9.20. The van der Waals surface area contributed by atoms with E-state index in [1.165, 1.54) is 18.3 Å². The molecule has 3 rings (SSSR count). The first-order chi connectivity index (χ1) is 12.5. The van der Waals surface area contributed by atoms with Gasteiger partial charge in [-0.2, -0.15) is 0 Å². The Kier molecular flexibility index (Phi) is 5.41. The van der Waals surface area contributed by atoms with Crippen LogP contribution in [0.3, 0.4) is 0 Å². The number of carbonyl (C=O) groups is 1. The number of ether oxygens (including phenoxy) is 1. The molecule has 0 amide bonds. The Morgan fingerprint density at radius 1 is 1.35 bits per heavy atom. The minimum Gasteiger partial charge on any atom is -0.462 e. The summed E-state index contributed by atoms with van der Waals surface area (Å²) in [5.74, 6) is -0.984. The zero-order valence-corrected chi connectivity index (χ0v) is 15.5. The van der Waals surface area contributed by atoms with E-state index in [2.05, 4.69) is 11.8 Å². The molecule has 2 heterocycles. The molecule has 0 N–H and O–H groups in total. The largest absolute Gasteiger partial charge is 0.462 e. The number of benzene rings is 1. The van der Waals surface area contributed by atoms with E-state index >= 15 is 0 Å². The molecule has 0 aliphatic carbocycles. The number of hydrogen-bond donors (Lipinski definition) is 0. The first kappa shape index (κ1) is 18.6. The maximum atomic E-state index is 14.2. The number of nitrogens with zero attached hydrogens (tertiary/aromatic N) is 2. The topological polar surface area (TPSA) is 51.5 Å². The van der Waals surface area contributed by atoms with E-state index in [0.29, 0.717) is 29.1 Å². The Hall–Kier alpha value is -2.21. The number of pyridine rings is 1. The SMILES string of the molecule is CCOC(=O)c1cn(C[C@H]2CCCN2CC)c2cc(F)c(C)cc2c1=O. The Balaban J connectivity index is 2.15. The van der Waals surface area contributed by atoms with Crippen LogP contribution in [0.15, 0.2) is 23.1 Å². The predicted molar refractivity (Wildman–Crippen MR) is 99.1 cm³/mol. The molecule has 1 atom stereocenters. The Morgan fingerprint density at radius 3 is 2.81 bits per heavy atom. The molecular weight excluding hydrogens is 335 g/mol. The fourth-order valence-electron chi connectivity index (χ4n) is 3.77. The Bertz CT molecular complexity index is 891. The first-order valence-electron chi connectivity index (χ1n) is 9.20. The summed E-state index contributed by atoms with van der Waals surface area (Å²) in [7, 11) is 0. The third-order valence-electron chi connectivity index (χ3n) is 5.17. The Morgan fingerprint density at radius 2 is 2.12 bits per heavy atom. The number of likely N-dealkylation sites (tertiary alicyclic amines) is 1. The van der Waals surface area contributed by atoms with Gasteiger partial charge in [-0.05, 0) is 57.5 Å². The molecule has 2 aromatic rings. The molecule has 0 bridgehead atoms. The van der Waals surface area contributed by atoms with Crippen LogP contribution in [0, 0.1) is 12.7 Å². The molecule has 0 saturated carbocycles. The minimum absolute atomic E-state index is 0.00593. The van der Waals surface area contributed by atoms with E-state index in [1.807, 2.05) is 4.57 Å².